The first kappa shape index (κ1) is 21.3. The van der Waals surface area contributed by atoms with Crippen LogP contribution in [0, 0.1) is 16.0 Å². The molecule has 1 aliphatic carbocycles. The number of esters is 2. The molecular weight excluding hydrogens is 422 g/mol. The molecule has 1 fully saturated rings. The highest BCUT2D eigenvalue weighted by Crippen LogP contribution is 2.44. The van der Waals surface area contributed by atoms with Crippen molar-refractivity contribution in [2.45, 2.75) is 44.2 Å². The average Bonchev–Trinajstić information content (AvgIpc) is 2.61. The molecule has 0 bridgehead atoms. The SMILES string of the molecule is CCOC(=O)C1C[C@H](c2ccc(Br)cc2)C[C@](O)(C(=O)OCC)[C@H]1[N+](=O)[O-]. The van der Waals surface area contributed by atoms with E-state index in [-0.39, 0.29) is 26.1 Å². The number of aliphatic hydroxyl groups is 1. The van der Waals surface area contributed by atoms with E-state index in [1.807, 2.05) is 0 Å². The number of carbonyl (C=O) groups excluding carboxylic acids is 2. The van der Waals surface area contributed by atoms with E-state index in [4.69, 9.17) is 9.47 Å². The van der Waals surface area contributed by atoms with Crippen molar-refractivity contribution in [2.75, 3.05) is 13.2 Å². The molecule has 1 aromatic carbocycles. The van der Waals surface area contributed by atoms with Gasteiger partial charge in [-0.15, -0.1) is 0 Å². The van der Waals surface area contributed by atoms with Crippen LogP contribution < -0.4 is 0 Å². The summed E-state index contributed by atoms with van der Waals surface area (Å²) in [6.07, 6.45) is -0.122. The van der Waals surface area contributed by atoms with Gasteiger partial charge in [0.2, 0.25) is 5.60 Å². The number of nitrogens with zero attached hydrogens (tertiary/aromatic N) is 1. The molecule has 0 spiro atoms. The fourth-order valence-electron chi connectivity index (χ4n) is 3.59. The fourth-order valence-corrected chi connectivity index (χ4v) is 3.86. The van der Waals surface area contributed by atoms with Crippen molar-refractivity contribution in [2.24, 2.45) is 5.92 Å². The lowest BCUT2D eigenvalue weighted by Gasteiger charge is -2.40. The average molecular weight is 444 g/mol. The van der Waals surface area contributed by atoms with Crippen molar-refractivity contribution in [1.29, 1.82) is 0 Å². The lowest BCUT2D eigenvalue weighted by atomic mass is 9.67. The van der Waals surface area contributed by atoms with Crippen LogP contribution in [-0.2, 0) is 19.1 Å². The van der Waals surface area contributed by atoms with Gasteiger partial charge in [-0.2, -0.15) is 0 Å². The van der Waals surface area contributed by atoms with Crippen molar-refractivity contribution in [3.8, 4) is 0 Å². The van der Waals surface area contributed by atoms with Gasteiger partial charge in [0, 0.05) is 15.8 Å². The quantitative estimate of drug-likeness (QED) is 0.407. The summed E-state index contributed by atoms with van der Waals surface area (Å²) in [5.74, 6) is -3.61. The molecule has 0 aromatic heterocycles. The molecule has 0 radical (unpaired) electrons. The van der Waals surface area contributed by atoms with Crippen LogP contribution >= 0.6 is 15.9 Å². The van der Waals surface area contributed by atoms with Crippen molar-refractivity contribution in [3.05, 3.63) is 44.4 Å². The first-order valence-electron chi connectivity index (χ1n) is 8.69. The minimum Gasteiger partial charge on any atom is -0.466 e. The largest absolute Gasteiger partial charge is 0.466 e. The summed E-state index contributed by atoms with van der Waals surface area (Å²) in [4.78, 5) is 35.8. The molecular formula is C18H22BrNO7. The molecule has 1 aromatic rings. The fraction of sp³-hybridized carbons (Fsp3) is 0.556. The third-order valence-corrected chi connectivity index (χ3v) is 5.28. The van der Waals surface area contributed by atoms with Gasteiger partial charge in [-0.3, -0.25) is 14.9 Å². The number of benzene rings is 1. The molecule has 0 amide bonds. The van der Waals surface area contributed by atoms with Crippen LogP contribution in [0.25, 0.3) is 0 Å². The van der Waals surface area contributed by atoms with Gasteiger partial charge in [0.15, 0.2) is 0 Å². The van der Waals surface area contributed by atoms with Gasteiger partial charge in [0.1, 0.15) is 5.92 Å². The Morgan fingerprint density at radius 2 is 1.85 bits per heavy atom. The lowest BCUT2D eigenvalue weighted by molar-refractivity contribution is -0.553. The molecule has 2 rings (SSSR count). The second kappa shape index (κ2) is 8.79. The van der Waals surface area contributed by atoms with Gasteiger partial charge in [0.25, 0.3) is 6.04 Å². The van der Waals surface area contributed by atoms with E-state index < -0.39 is 40.3 Å². The Labute approximate surface area is 165 Å². The minimum atomic E-state index is -2.42. The summed E-state index contributed by atoms with van der Waals surface area (Å²) in [5, 5.41) is 22.8. The molecule has 1 saturated carbocycles. The number of ether oxygens (including phenoxy) is 2. The molecule has 8 nitrogen and oxygen atoms in total. The van der Waals surface area contributed by atoms with Crippen molar-refractivity contribution in [1.82, 2.24) is 0 Å². The topological polar surface area (TPSA) is 116 Å². The highest BCUT2D eigenvalue weighted by atomic mass is 79.9. The molecule has 1 N–H and O–H groups in total. The molecule has 0 heterocycles. The number of hydrogen-bond donors (Lipinski definition) is 1. The maximum absolute atomic E-state index is 12.5. The van der Waals surface area contributed by atoms with Crippen molar-refractivity contribution < 1.29 is 29.1 Å². The zero-order chi connectivity index (χ0) is 20.2. The molecule has 1 unspecified atom stereocenters. The van der Waals surface area contributed by atoms with E-state index in [1.165, 1.54) is 0 Å². The van der Waals surface area contributed by atoms with E-state index in [2.05, 4.69) is 15.9 Å². The molecule has 4 atom stereocenters. The Balaban J connectivity index is 2.49. The molecule has 1 aliphatic rings. The number of nitro groups is 1. The van der Waals surface area contributed by atoms with Gasteiger partial charge < -0.3 is 14.6 Å². The van der Waals surface area contributed by atoms with Gasteiger partial charge in [-0.25, -0.2) is 4.79 Å². The number of carbonyl (C=O) groups is 2. The first-order chi connectivity index (χ1) is 12.7. The van der Waals surface area contributed by atoms with Crippen LogP contribution in [0.2, 0.25) is 0 Å². The Morgan fingerprint density at radius 1 is 1.26 bits per heavy atom. The highest BCUT2D eigenvalue weighted by molar-refractivity contribution is 9.10. The maximum Gasteiger partial charge on any atom is 0.345 e. The van der Waals surface area contributed by atoms with E-state index in [1.54, 1.807) is 38.1 Å². The summed E-state index contributed by atoms with van der Waals surface area (Å²) >= 11 is 3.33. The van der Waals surface area contributed by atoms with Gasteiger partial charge in [-0.1, -0.05) is 28.1 Å². The summed E-state index contributed by atoms with van der Waals surface area (Å²) in [6, 6.07) is 5.32. The minimum absolute atomic E-state index is 0.0422. The van der Waals surface area contributed by atoms with Crippen molar-refractivity contribution in [3.63, 3.8) is 0 Å². The molecule has 0 aliphatic heterocycles. The van der Waals surface area contributed by atoms with Crippen LogP contribution in [0.3, 0.4) is 0 Å². The Kier molecular flexibility index (Phi) is 6.94. The van der Waals surface area contributed by atoms with Crippen LogP contribution in [0.15, 0.2) is 28.7 Å². The van der Waals surface area contributed by atoms with Gasteiger partial charge in [-0.05, 0) is 43.9 Å². The van der Waals surface area contributed by atoms with Crippen LogP contribution in [-0.4, -0.2) is 46.8 Å². The Bertz CT molecular complexity index is 708. The normalized spacial score (nSPS) is 27.6. The summed E-state index contributed by atoms with van der Waals surface area (Å²) < 4.78 is 10.7. The van der Waals surface area contributed by atoms with E-state index in [0.29, 0.717) is 0 Å². The van der Waals surface area contributed by atoms with Crippen LogP contribution in [0.5, 0.6) is 0 Å². The standard InChI is InChI=1S/C18H22BrNO7/c1-3-26-16(21)14-9-12(11-5-7-13(19)8-6-11)10-18(23,15(14)20(24)25)17(22)27-4-2/h5-8,12,14-15,23H,3-4,9-10H2,1-2H3/t12-,14?,15-,18+/m0/s1. The highest BCUT2D eigenvalue weighted by Gasteiger charge is 2.63. The molecule has 148 valence electrons. The maximum atomic E-state index is 12.5. The Hall–Kier alpha value is -2.00. The van der Waals surface area contributed by atoms with E-state index in [9.17, 15) is 24.8 Å². The Morgan fingerprint density at radius 3 is 2.37 bits per heavy atom. The smallest absolute Gasteiger partial charge is 0.345 e. The molecule has 27 heavy (non-hydrogen) atoms. The summed E-state index contributed by atoms with van der Waals surface area (Å²) in [5.41, 5.74) is -1.66. The van der Waals surface area contributed by atoms with Crippen LogP contribution in [0.1, 0.15) is 38.2 Å². The predicted molar refractivity (Wildman–Crippen MR) is 98.6 cm³/mol. The van der Waals surface area contributed by atoms with E-state index in [0.717, 1.165) is 10.0 Å². The number of halogens is 1. The molecule has 0 saturated heterocycles. The van der Waals surface area contributed by atoms with Gasteiger partial charge in [0.05, 0.1) is 13.2 Å². The second-order valence-corrected chi connectivity index (χ2v) is 7.34. The zero-order valence-electron chi connectivity index (χ0n) is 15.1. The predicted octanol–water partition coefficient (Wildman–Crippen LogP) is 2.45. The summed E-state index contributed by atoms with van der Waals surface area (Å²) in [6.45, 7) is 3.13. The first-order valence-corrected chi connectivity index (χ1v) is 9.49. The second-order valence-electron chi connectivity index (χ2n) is 6.42. The number of hydrogen-bond acceptors (Lipinski definition) is 7. The summed E-state index contributed by atoms with van der Waals surface area (Å²) in [7, 11) is 0. The monoisotopic (exact) mass is 443 g/mol. The van der Waals surface area contributed by atoms with Gasteiger partial charge >= 0.3 is 11.9 Å². The number of rotatable bonds is 6. The van der Waals surface area contributed by atoms with Crippen LogP contribution in [0.4, 0.5) is 0 Å². The molecule has 9 heteroatoms. The van der Waals surface area contributed by atoms with E-state index >= 15 is 0 Å². The van der Waals surface area contributed by atoms with Crippen molar-refractivity contribution >= 4 is 27.9 Å². The zero-order valence-corrected chi connectivity index (χ0v) is 16.7. The lowest BCUT2D eigenvalue weighted by Crippen LogP contribution is -2.62. The third kappa shape index (κ3) is 4.47. The third-order valence-electron chi connectivity index (χ3n) is 4.75.